The number of hydrogen-bond acceptors (Lipinski definition) is 1. The minimum atomic E-state index is 0. The van der Waals surface area contributed by atoms with Gasteiger partial charge in [-0.2, -0.15) is 0 Å². The summed E-state index contributed by atoms with van der Waals surface area (Å²) in [6.45, 7) is 0. The minimum Gasteiger partial charge on any atom is -1.00 e. The van der Waals surface area contributed by atoms with Gasteiger partial charge in [0, 0.05) is 0 Å². The Balaban J connectivity index is -0.000000000333. The summed E-state index contributed by atoms with van der Waals surface area (Å²) >= 11 is 3.64. The van der Waals surface area contributed by atoms with Crippen LogP contribution in [0.1, 0.15) is 2.85 Å². The fourth-order valence-electron chi connectivity index (χ4n) is 0. The van der Waals surface area contributed by atoms with Crippen LogP contribution >= 0.6 is 11.9 Å². The normalized spacial score (nSPS) is 1.00. The van der Waals surface area contributed by atoms with Crippen molar-refractivity contribution in [2.45, 2.75) is 0 Å². The van der Waals surface area contributed by atoms with Crippen molar-refractivity contribution in [1.29, 1.82) is 0 Å². The topological polar surface area (TPSA) is 115 Å². The Morgan fingerprint density at radius 3 is 1.00 bits per heavy atom. The first kappa shape index (κ1) is 52.8. The third kappa shape index (κ3) is 53.8. The average molecular weight is 149 g/mol. The van der Waals surface area contributed by atoms with Crippen molar-refractivity contribution in [2.24, 2.45) is 0 Å². The summed E-state index contributed by atoms with van der Waals surface area (Å²) in [5.74, 6) is 0. The maximum Gasteiger partial charge on any atom is 2.00 e. The molecule has 0 aromatic rings. The van der Waals surface area contributed by atoms with Gasteiger partial charge in [-0.1, -0.05) is 0 Å². The maximum absolute atomic E-state index is 6.47. The molecule has 0 rings (SSSR count). The van der Waals surface area contributed by atoms with Crippen LogP contribution in [-0.2, 0) is 0 Å². The van der Waals surface area contributed by atoms with E-state index in [4.69, 9.17) is 4.66 Å². The molecule has 0 aliphatic heterocycles. The van der Waals surface area contributed by atoms with Crippen LogP contribution in [0.2, 0.25) is 0 Å². The SMILES string of the molecule is O.O.O.OCl.[Ca+2].[H-].[H-]. The third-order valence-corrected chi connectivity index (χ3v) is 0. The van der Waals surface area contributed by atoms with Gasteiger partial charge in [-0.05, 0) is 0 Å². The van der Waals surface area contributed by atoms with E-state index < -0.39 is 0 Å². The second kappa shape index (κ2) is 96.1. The fraction of sp³-hybridized carbons (Fsp3) is 0. The Morgan fingerprint density at radius 1 is 1.00 bits per heavy atom. The van der Waals surface area contributed by atoms with Crippen molar-refractivity contribution in [3.05, 3.63) is 0 Å². The van der Waals surface area contributed by atoms with Crippen molar-refractivity contribution in [3.63, 3.8) is 0 Å². The van der Waals surface area contributed by atoms with Crippen LogP contribution in [0.25, 0.3) is 0 Å². The maximum atomic E-state index is 6.47. The molecule has 0 bridgehead atoms. The standard InChI is InChI=1S/Ca.ClHO.3H2O.2H/c;1-2;;;;;/h;2H;3*1H2;;/q+2;;;;;2*-1. The molecule has 42 valence electrons. The van der Waals surface area contributed by atoms with Crippen LogP contribution in [0.15, 0.2) is 0 Å². The van der Waals surface area contributed by atoms with Gasteiger partial charge in [0.05, 0.1) is 11.9 Å². The number of halogens is 1. The van der Waals surface area contributed by atoms with E-state index >= 15 is 0 Å². The predicted octanol–water partition coefficient (Wildman–Crippen LogP) is -2.50. The van der Waals surface area contributed by atoms with E-state index in [2.05, 4.69) is 11.9 Å². The van der Waals surface area contributed by atoms with Gasteiger partial charge in [-0.3, -0.25) is 4.66 Å². The molecule has 0 atom stereocenters. The monoisotopic (exact) mass is 148 g/mol. The van der Waals surface area contributed by atoms with E-state index in [1.54, 1.807) is 0 Å². The van der Waals surface area contributed by atoms with Crippen LogP contribution in [0.4, 0.5) is 0 Å². The summed E-state index contributed by atoms with van der Waals surface area (Å²) in [5, 5.41) is 0. The van der Waals surface area contributed by atoms with Gasteiger partial charge < -0.3 is 19.3 Å². The minimum absolute atomic E-state index is 0. The first-order valence-electron chi connectivity index (χ1n) is 0.169. The Bertz CT molecular complexity index is 14.0. The molecule has 0 fully saturated rings. The largest absolute Gasteiger partial charge is 2.00 e. The molecular formula is H9CaClO4. The van der Waals surface area contributed by atoms with Crippen LogP contribution in [0, 0.1) is 0 Å². The predicted molar refractivity (Wildman–Crippen MR) is 26.9 cm³/mol. The number of rotatable bonds is 0. The summed E-state index contributed by atoms with van der Waals surface area (Å²) in [6.07, 6.45) is 0. The zero-order valence-electron chi connectivity index (χ0n) is 5.03. The van der Waals surface area contributed by atoms with Crippen molar-refractivity contribution in [2.75, 3.05) is 0 Å². The molecule has 0 aromatic carbocycles. The van der Waals surface area contributed by atoms with E-state index in [0.29, 0.717) is 0 Å². The van der Waals surface area contributed by atoms with E-state index in [9.17, 15) is 0 Å². The molecule has 0 spiro atoms. The smallest absolute Gasteiger partial charge is 1.00 e. The van der Waals surface area contributed by atoms with Crippen molar-refractivity contribution < 1.29 is 23.9 Å². The number of hydrogen-bond donors (Lipinski definition) is 1. The van der Waals surface area contributed by atoms with Gasteiger partial charge in [0.15, 0.2) is 0 Å². The van der Waals surface area contributed by atoms with Crippen molar-refractivity contribution >= 4 is 49.6 Å². The molecule has 0 radical (unpaired) electrons. The fourth-order valence-corrected chi connectivity index (χ4v) is 0. The molecular weight excluding hydrogens is 140 g/mol. The Kier molecular flexibility index (Phi) is 846. The molecule has 0 aliphatic carbocycles. The summed E-state index contributed by atoms with van der Waals surface area (Å²) in [7, 11) is 0. The molecule has 0 amide bonds. The van der Waals surface area contributed by atoms with Crippen LogP contribution in [0.3, 0.4) is 0 Å². The van der Waals surface area contributed by atoms with Gasteiger partial charge in [0.25, 0.3) is 0 Å². The van der Waals surface area contributed by atoms with Crippen molar-refractivity contribution in [1.82, 2.24) is 0 Å². The molecule has 0 unspecified atom stereocenters. The third-order valence-electron chi connectivity index (χ3n) is 0. The molecule has 0 saturated heterocycles. The quantitative estimate of drug-likeness (QED) is 0.376. The molecule has 0 aromatic heterocycles. The first-order chi connectivity index (χ1) is 1.00. The Morgan fingerprint density at radius 2 is 1.00 bits per heavy atom. The van der Waals surface area contributed by atoms with Gasteiger partial charge in [0.1, 0.15) is 0 Å². The van der Waals surface area contributed by atoms with E-state index in [-0.39, 0.29) is 57.0 Å². The molecule has 0 heterocycles. The van der Waals surface area contributed by atoms with E-state index in [0.717, 1.165) is 0 Å². The Hall–Kier alpha value is 1.39. The van der Waals surface area contributed by atoms with E-state index in [1.807, 2.05) is 0 Å². The zero-order valence-corrected chi connectivity index (χ0v) is 6.00. The average Bonchev–Trinajstić information content (AvgIpc) is 1.00. The van der Waals surface area contributed by atoms with Crippen LogP contribution in [0.5, 0.6) is 0 Å². The van der Waals surface area contributed by atoms with Gasteiger partial charge in [0.2, 0.25) is 0 Å². The second-order valence-electron chi connectivity index (χ2n) is 0. The summed E-state index contributed by atoms with van der Waals surface area (Å²) < 4.78 is 6.47. The second-order valence-corrected chi connectivity index (χ2v) is 0. The summed E-state index contributed by atoms with van der Waals surface area (Å²) in [6, 6.07) is 0. The molecule has 6 heavy (non-hydrogen) atoms. The van der Waals surface area contributed by atoms with Crippen molar-refractivity contribution in [3.8, 4) is 0 Å². The van der Waals surface area contributed by atoms with Crippen LogP contribution < -0.4 is 0 Å². The molecule has 6 heteroatoms. The first-order valence-corrected chi connectivity index (χ1v) is 0.507. The summed E-state index contributed by atoms with van der Waals surface area (Å²) in [4.78, 5) is 0. The molecule has 0 saturated carbocycles. The van der Waals surface area contributed by atoms with Crippen LogP contribution in [-0.4, -0.2) is 58.8 Å². The molecule has 0 aliphatic rings. The van der Waals surface area contributed by atoms with Gasteiger partial charge in [-0.25, -0.2) is 0 Å². The van der Waals surface area contributed by atoms with Gasteiger partial charge >= 0.3 is 37.7 Å². The molecule has 7 N–H and O–H groups in total. The summed E-state index contributed by atoms with van der Waals surface area (Å²) in [5.41, 5.74) is 0. The Labute approximate surface area is 73.2 Å². The zero-order chi connectivity index (χ0) is 2.00. The van der Waals surface area contributed by atoms with E-state index in [1.165, 1.54) is 0 Å². The van der Waals surface area contributed by atoms with Gasteiger partial charge in [-0.15, -0.1) is 0 Å². The molecule has 4 nitrogen and oxygen atoms in total.